The van der Waals surface area contributed by atoms with Crippen LogP contribution in [-0.2, 0) is 14.4 Å². The van der Waals surface area contributed by atoms with E-state index in [4.69, 9.17) is 45.9 Å². The van der Waals surface area contributed by atoms with Gasteiger partial charge in [-0.05, 0) is 51.4 Å². The van der Waals surface area contributed by atoms with E-state index in [9.17, 15) is 9.59 Å². The number of aromatic amines is 1. The van der Waals surface area contributed by atoms with Crippen LogP contribution in [0.4, 0.5) is 0 Å². The molecule has 1 heterocycles. The van der Waals surface area contributed by atoms with E-state index in [0.717, 1.165) is 45.6 Å². The lowest BCUT2D eigenvalue weighted by Crippen LogP contribution is -2.39. The van der Waals surface area contributed by atoms with Crippen LogP contribution in [0.3, 0.4) is 0 Å². The molecule has 0 aliphatic heterocycles. The first-order chi connectivity index (χ1) is 19.9. The molecule has 0 radical (unpaired) electrons. The van der Waals surface area contributed by atoms with Crippen LogP contribution in [0.1, 0.15) is 18.1 Å². The number of methoxy groups -OCH3 is 2. The van der Waals surface area contributed by atoms with Crippen molar-refractivity contribution in [2.75, 3.05) is 41.5 Å². The molecular formula is C29H33N3O10. The number of H-pyrrole nitrogens is 1. The molecule has 0 spiro atoms. The number of fused-ring (bicyclic) bond motifs is 5. The number of oxime groups is 1. The summed E-state index contributed by atoms with van der Waals surface area (Å²) in [6.45, 7) is 3.21. The number of benzene rings is 2. The maximum atomic E-state index is 9.77. The van der Waals surface area contributed by atoms with Crippen molar-refractivity contribution < 1.29 is 49.1 Å². The Balaban J connectivity index is 0.000000416. The molecule has 5 N–H and O–H groups in total. The van der Waals surface area contributed by atoms with E-state index in [0.29, 0.717) is 23.8 Å². The summed E-state index contributed by atoms with van der Waals surface area (Å²) < 4.78 is 17.0. The van der Waals surface area contributed by atoms with Gasteiger partial charge < -0.3 is 49.4 Å². The average Bonchev–Trinajstić information content (AvgIpc) is 3.48. The number of aliphatic carboxylic acids is 2. The second-order valence-corrected chi connectivity index (χ2v) is 9.41. The molecule has 1 aromatic heterocycles. The van der Waals surface area contributed by atoms with Crippen LogP contribution in [0, 0.1) is 12.3 Å². The van der Waals surface area contributed by atoms with Crippen LogP contribution >= 0.6 is 0 Å². The molecule has 4 rings (SSSR count). The summed E-state index contributed by atoms with van der Waals surface area (Å²) in [6.07, 6.45) is 0.495. The highest BCUT2D eigenvalue weighted by Gasteiger charge is 2.32. The number of nitrogens with zero attached hydrogens (tertiary/aromatic N) is 2. The minimum atomic E-state index is -2.27. The Labute approximate surface area is 241 Å². The van der Waals surface area contributed by atoms with E-state index in [1.54, 1.807) is 21.1 Å². The van der Waals surface area contributed by atoms with Gasteiger partial charge in [0, 0.05) is 34.1 Å². The summed E-state index contributed by atoms with van der Waals surface area (Å²) in [7, 11) is 7.27. The molecule has 224 valence electrons. The third-order valence-electron chi connectivity index (χ3n) is 6.20. The SMILES string of the molecule is C#C[C@H](C)ON=C1c2cc(OC)c(OC)cc2-c2[nH]c3ccc(OCCN(C)C)cc3c21.O=C(O)C(O)C(O)C(=O)O. The van der Waals surface area contributed by atoms with Gasteiger partial charge in [0.2, 0.25) is 0 Å². The summed E-state index contributed by atoms with van der Waals surface area (Å²) in [5.41, 5.74) is 5.39. The molecule has 1 aliphatic rings. The maximum absolute atomic E-state index is 9.77. The van der Waals surface area contributed by atoms with Crippen LogP contribution in [-0.4, -0.2) is 108 Å². The van der Waals surface area contributed by atoms with Gasteiger partial charge >= 0.3 is 11.9 Å². The van der Waals surface area contributed by atoms with Gasteiger partial charge in [0.1, 0.15) is 18.1 Å². The van der Waals surface area contributed by atoms with Crippen molar-refractivity contribution in [1.29, 1.82) is 0 Å². The van der Waals surface area contributed by atoms with Crippen LogP contribution in [0.25, 0.3) is 22.2 Å². The van der Waals surface area contributed by atoms with Gasteiger partial charge in [-0.2, -0.15) is 0 Å². The van der Waals surface area contributed by atoms with Gasteiger partial charge in [0.05, 0.1) is 19.9 Å². The van der Waals surface area contributed by atoms with E-state index >= 15 is 0 Å². The van der Waals surface area contributed by atoms with E-state index in [2.05, 4.69) is 21.0 Å². The predicted octanol–water partition coefficient (Wildman–Crippen LogP) is 1.77. The number of terminal acetylenes is 1. The zero-order valence-corrected chi connectivity index (χ0v) is 23.7. The van der Waals surface area contributed by atoms with Crippen LogP contribution < -0.4 is 14.2 Å². The summed E-state index contributed by atoms with van der Waals surface area (Å²) in [4.78, 5) is 30.7. The number of aliphatic hydroxyl groups excluding tert-OH is 2. The number of rotatable bonds is 11. The lowest BCUT2D eigenvalue weighted by molar-refractivity contribution is -0.165. The zero-order chi connectivity index (χ0) is 31.1. The second kappa shape index (κ2) is 13.7. The number of hydrogen-bond acceptors (Lipinski definition) is 10. The van der Waals surface area contributed by atoms with Gasteiger partial charge in [-0.3, -0.25) is 0 Å². The Morgan fingerprint density at radius 1 is 1.02 bits per heavy atom. The van der Waals surface area contributed by atoms with E-state index < -0.39 is 30.3 Å². The number of carbonyl (C=O) groups is 2. The molecule has 0 amide bonds. The lowest BCUT2D eigenvalue weighted by Gasteiger charge is -2.12. The smallest absolute Gasteiger partial charge is 0.335 e. The van der Waals surface area contributed by atoms with Gasteiger partial charge in [0.15, 0.2) is 29.8 Å². The molecule has 0 bridgehead atoms. The summed E-state index contributed by atoms with van der Waals surface area (Å²) in [5.74, 6) is 1.06. The van der Waals surface area contributed by atoms with Crippen molar-refractivity contribution in [3.63, 3.8) is 0 Å². The maximum Gasteiger partial charge on any atom is 0.335 e. The van der Waals surface area contributed by atoms with E-state index in [-0.39, 0.29) is 0 Å². The number of aliphatic hydroxyl groups is 2. The van der Waals surface area contributed by atoms with Gasteiger partial charge in [-0.25, -0.2) is 9.59 Å². The van der Waals surface area contributed by atoms with Crippen molar-refractivity contribution in [2.24, 2.45) is 5.16 Å². The highest BCUT2D eigenvalue weighted by atomic mass is 16.6. The number of aromatic nitrogens is 1. The summed E-state index contributed by atoms with van der Waals surface area (Å²) >= 11 is 0. The van der Waals surface area contributed by atoms with Gasteiger partial charge in [0.25, 0.3) is 0 Å². The summed E-state index contributed by atoms with van der Waals surface area (Å²) in [5, 5.41) is 38.0. The standard InChI is InChI=1S/C25H27N3O4.C4H6O6/c1-7-15(2)32-27-25-18-14-22(30-6)21(29-5)13-17(18)24-23(25)19-12-16(8-9-20(19)26-24)31-11-10-28(3)4;5-1(3(7)8)2(6)4(9)10/h1,8-9,12-15,26H,10-11H2,2-6H3;1-2,5-6H,(H,7,8)(H,9,10)/t15-;/m0./s1. The fraction of sp³-hybridized carbons (Fsp3) is 0.345. The molecule has 13 heteroatoms. The molecule has 42 heavy (non-hydrogen) atoms. The monoisotopic (exact) mass is 583 g/mol. The number of nitrogens with one attached hydrogen (secondary N) is 1. The number of hydrogen-bond donors (Lipinski definition) is 5. The fourth-order valence-corrected chi connectivity index (χ4v) is 4.00. The first kappa shape index (κ1) is 31.8. The minimum absolute atomic E-state index is 0.453. The van der Waals surface area contributed by atoms with Crippen molar-refractivity contribution >= 4 is 28.6 Å². The van der Waals surface area contributed by atoms with Crippen LogP contribution in [0.15, 0.2) is 35.5 Å². The zero-order valence-electron chi connectivity index (χ0n) is 23.7. The van der Waals surface area contributed by atoms with Crippen molar-refractivity contribution in [3.8, 4) is 40.8 Å². The first-order valence-corrected chi connectivity index (χ1v) is 12.7. The molecule has 0 saturated heterocycles. The number of ether oxygens (including phenoxy) is 3. The normalized spacial score (nSPS) is 14.6. The minimum Gasteiger partial charge on any atom is -0.493 e. The largest absolute Gasteiger partial charge is 0.493 e. The Kier molecular flexibility index (Phi) is 10.4. The van der Waals surface area contributed by atoms with Gasteiger partial charge in [-0.15, -0.1) is 6.42 Å². The topological polar surface area (TPSA) is 183 Å². The molecule has 0 saturated carbocycles. The third-order valence-corrected chi connectivity index (χ3v) is 6.20. The van der Waals surface area contributed by atoms with Gasteiger partial charge in [-0.1, -0.05) is 11.1 Å². The molecular weight excluding hydrogens is 550 g/mol. The molecule has 0 fully saturated rings. The Morgan fingerprint density at radius 2 is 1.62 bits per heavy atom. The molecule has 13 nitrogen and oxygen atoms in total. The highest BCUT2D eigenvalue weighted by Crippen LogP contribution is 2.46. The quantitative estimate of drug-likeness (QED) is 0.128. The van der Waals surface area contributed by atoms with Crippen LogP contribution in [0.5, 0.6) is 17.2 Å². The van der Waals surface area contributed by atoms with Crippen molar-refractivity contribution in [3.05, 3.63) is 41.5 Å². The lowest BCUT2D eigenvalue weighted by atomic mass is 10.1. The van der Waals surface area contributed by atoms with E-state index in [1.807, 2.05) is 44.4 Å². The predicted molar refractivity (Wildman–Crippen MR) is 153 cm³/mol. The van der Waals surface area contributed by atoms with Crippen LogP contribution in [0.2, 0.25) is 0 Å². The second-order valence-electron chi connectivity index (χ2n) is 9.41. The molecule has 3 aromatic rings. The first-order valence-electron chi connectivity index (χ1n) is 12.7. The van der Waals surface area contributed by atoms with Crippen molar-refractivity contribution in [1.82, 2.24) is 9.88 Å². The average molecular weight is 584 g/mol. The number of likely N-dealkylation sites (N-methyl/N-ethyl adjacent to an activating group) is 1. The fourth-order valence-electron chi connectivity index (χ4n) is 4.00. The number of carboxylic acids is 2. The van der Waals surface area contributed by atoms with E-state index in [1.165, 1.54) is 0 Å². The molecule has 1 aliphatic carbocycles. The highest BCUT2D eigenvalue weighted by molar-refractivity contribution is 6.30. The summed E-state index contributed by atoms with van der Waals surface area (Å²) in [6, 6.07) is 9.87. The van der Waals surface area contributed by atoms with Crippen molar-refractivity contribution in [2.45, 2.75) is 25.2 Å². The Morgan fingerprint density at radius 3 is 2.14 bits per heavy atom. The molecule has 3 atom stereocenters. The molecule has 2 unspecified atom stereocenters. The third kappa shape index (κ3) is 6.92. The Hall–Kier alpha value is -4.77. The Bertz CT molecular complexity index is 1500. The molecule has 2 aromatic carbocycles. The number of carboxylic acid groups (broad SMARTS) is 2.